The molecule has 0 aliphatic carbocycles. The van der Waals surface area contributed by atoms with Gasteiger partial charge < -0.3 is 16.4 Å². The topological polar surface area (TPSA) is 84.2 Å². The smallest absolute Gasteiger partial charge is 0.313 e. The van der Waals surface area contributed by atoms with Gasteiger partial charge in [-0.05, 0) is 31.0 Å². The molecular weight excluding hydrogens is 218 g/mol. The Kier molecular flexibility index (Phi) is 4.51. The molecule has 5 nitrogen and oxygen atoms in total. The minimum atomic E-state index is -0.698. The van der Waals surface area contributed by atoms with Crippen molar-refractivity contribution < 1.29 is 9.59 Å². The lowest BCUT2D eigenvalue weighted by molar-refractivity contribution is -0.136. The Hall–Kier alpha value is -2.04. The fourth-order valence-corrected chi connectivity index (χ4v) is 1.28. The molecule has 4 N–H and O–H groups in total. The predicted octanol–water partition coefficient (Wildman–Crippen LogP) is 1.04. The van der Waals surface area contributed by atoms with Crippen molar-refractivity contribution in [1.29, 1.82) is 0 Å². The fourth-order valence-electron chi connectivity index (χ4n) is 1.28. The lowest BCUT2D eigenvalue weighted by Crippen LogP contribution is -2.35. The number of rotatable bonds is 3. The predicted molar refractivity (Wildman–Crippen MR) is 67.5 cm³/mol. The van der Waals surface area contributed by atoms with Gasteiger partial charge in [0.25, 0.3) is 0 Å². The third kappa shape index (κ3) is 3.79. The maximum Gasteiger partial charge on any atom is 0.313 e. The molecule has 1 aromatic rings. The lowest BCUT2D eigenvalue weighted by Gasteiger charge is -2.08. The second kappa shape index (κ2) is 5.89. The second-order valence-corrected chi connectivity index (χ2v) is 3.80. The summed E-state index contributed by atoms with van der Waals surface area (Å²) in [6, 6.07) is 5.25. The van der Waals surface area contributed by atoms with Crippen molar-refractivity contribution in [3.63, 3.8) is 0 Å². The van der Waals surface area contributed by atoms with Crippen LogP contribution in [0.15, 0.2) is 18.2 Å². The summed E-state index contributed by atoms with van der Waals surface area (Å²) in [6.07, 6.45) is 0.783. The average molecular weight is 235 g/mol. The van der Waals surface area contributed by atoms with E-state index in [0.717, 1.165) is 12.0 Å². The molecule has 5 heteroatoms. The number of carbonyl (C=O) groups excluding carboxylic acids is 2. The van der Waals surface area contributed by atoms with Crippen LogP contribution in [-0.2, 0) is 9.59 Å². The summed E-state index contributed by atoms with van der Waals surface area (Å²) in [5.41, 5.74) is 7.55. The third-order valence-electron chi connectivity index (χ3n) is 2.20. The van der Waals surface area contributed by atoms with E-state index in [4.69, 9.17) is 5.73 Å². The van der Waals surface area contributed by atoms with E-state index >= 15 is 0 Å². The van der Waals surface area contributed by atoms with Crippen LogP contribution in [0.4, 0.5) is 11.4 Å². The van der Waals surface area contributed by atoms with Crippen molar-refractivity contribution in [3.05, 3.63) is 23.8 Å². The Balaban J connectivity index is 2.67. The highest BCUT2D eigenvalue weighted by molar-refractivity contribution is 6.39. The first-order valence-electron chi connectivity index (χ1n) is 5.50. The zero-order valence-corrected chi connectivity index (χ0v) is 10.0. The van der Waals surface area contributed by atoms with Crippen LogP contribution >= 0.6 is 0 Å². The van der Waals surface area contributed by atoms with Gasteiger partial charge >= 0.3 is 11.8 Å². The largest absolute Gasteiger partial charge is 0.397 e. The summed E-state index contributed by atoms with van der Waals surface area (Å²) in [5.74, 6) is -1.34. The van der Waals surface area contributed by atoms with E-state index in [1.54, 1.807) is 12.1 Å². The van der Waals surface area contributed by atoms with Crippen LogP contribution < -0.4 is 16.4 Å². The molecule has 0 bridgehead atoms. The number of nitrogen functional groups attached to an aromatic ring is 1. The SMILES string of the molecule is CCCNC(=O)C(=O)Nc1cc(C)ccc1N. The minimum absolute atomic E-state index is 0.437. The molecule has 17 heavy (non-hydrogen) atoms. The molecule has 1 rings (SSSR count). The lowest BCUT2D eigenvalue weighted by atomic mass is 10.2. The van der Waals surface area contributed by atoms with Crippen molar-refractivity contribution in [2.45, 2.75) is 20.3 Å². The van der Waals surface area contributed by atoms with Gasteiger partial charge in [-0.25, -0.2) is 0 Å². The highest BCUT2D eigenvalue weighted by atomic mass is 16.2. The van der Waals surface area contributed by atoms with Crippen LogP contribution in [0, 0.1) is 6.92 Å². The van der Waals surface area contributed by atoms with Crippen molar-refractivity contribution in [3.8, 4) is 0 Å². The molecule has 0 saturated heterocycles. The zero-order valence-electron chi connectivity index (χ0n) is 10.0. The molecule has 92 valence electrons. The molecule has 0 radical (unpaired) electrons. The number of amides is 2. The summed E-state index contributed by atoms with van der Waals surface area (Å²) in [7, 11) is 0. The first-order chi connectivity index (χ1) is 8.04. The highest BCUT2D eigenvalue weighted by Crippen LogP contribution is 2.19. The summed E-state index contributed by atoms with van der Waals surface area (Å²) >= 11 is 0. The molecule has 0 fully saturated rings. The minimum Gasteiger partial charge on any atom is -0.397 e. The number of benzene rings is 1. The number of nitrogens with one attached hydrogen (secondary N) is 2. The van der Waals surface area contributed by atoms with Crippen molar-refractivity contribution in [2.75, 3.05) is 17.6 Å². The van der Waals surface area contributed by atoms with E-state index in [2.05, 4.69) is 10.6 Å². The normalized spacial score (nSPS) is 9.76. The fraction of sp³-hybridized carbons (Fsp3) is 0.333. The highest BCUT2D eigenvalue weighted by Gasteiger charge is 2.13. The molecule has 2 amide bonds. The van der Waals surface area contributed by atoms with Crippen LogP contribution in [-0.4, -0.2) is 18.4 Å². The number of carbonyl (C=O) groups is 2. The molecule has 0 unspecified atom stereocenters. The maximum absolute atomic E-state index is 11.5. The molecule has 0 heterocycles. The van der Waals surface area contributed by atoms with Gasteiger partial charge in [0.1, 0.15) is 0 Å². The van der Waals surface area contributed by atoms with Gasteiger partial charge in [-0.3, -0.25) is 9.59 Å². The van der Waals surface area contributed by atoms with E-state index in [-0.39, 0.29) is 0 Å². The van der Waals surface area contributed by atoms with E-state index in [0.29, 0.717) is 17.9 Å². The van der Waals surface area contributed by atoms with E-state index in [1.807, 2.05) is 19.9 Å². The Labute approximate surface area is 100 Å². The van der Waals surface area contributed by atoms with Crippen molar-refractivity contribution >= 4 is 23.2 Å². The quantitative estimate of drug-likeness (QED) is 0.540. The van der Waals surface area contributed by atoms with Crippen LogP contribution in [0.2, 0.25) is 0 Å². The van der Waals surface area contributed by atoms with Gasteiger partial charge in [0.2, 0.25) is 0 Å². The Morgan fingerprint density at radius 3 is 2.65 bits per heavy atom. The third-order valence-corrected chi connectivity index (χ3v) is 2.20. The van der Waals surface area contributed by atoms with Crippen molar-refractivity contribution in [1.82, 2.24) is 5.32 Å². The van der Waals surface area contributed by atoms with E-state index in [9.17, 15) is 9.59 Å². The molecule has 0 aromatic heterocycles. The standard InChI is InChI=1S/C12H17N3O2/c1-3-6-14-11(16)12(17)15-10-7-8(2)4-5-9(10)13/h4-5,7H,3,6,13H2,1-2H3,(H,14,16)(H,15,17). The number of hydrogen-bond donors (Lipinski definition) is 3. The number of anilines is 2. The summed E-state index contributed by atoms with van der Waals surface area (Å²) in [6.45, 7) is 4.28. The van der Waals surface area contributed by atoms with E-state index in [1.165, 1.54) is 0 Å². The summed E-state index contributed by atoms with van der Waals surface area (Å²) in [4.78, 5) is 22.8. The monoisotopic (exact) mass is 235 g/mol. The molecule has 0 spiro atoms. The maximum atomic E-state index is 11.5. The molecule has 0 atom stereocenters. The molecular formula is C12H17N3O2. The average Bonchev–Trinajstić information content (AvgIpc) is 2.30. The molecule has 0 aliphatic rings. The van der Waals surface area contributed by atoms with Gasteiger partial charge in [0.15, 0.2) is 0 Å². The molecule has 0 aliphatic heterocycles. The Morgan fingerprint density at radius 1 is 1.29 bits per heavy atom. The molecule has 0 saturated carbocycles. The van der Waals surface area contributed by atoms with Gasteiger partial charge in [0, 0.05) is 6.54 Å². The van der Waals surface area contributed by atoms with Gasteiger partial charge in [-0.1, -0.05) is 13.0 Å². The second-order valence-electron chi connectivity index (χ2n) is 3.80. The van der Waals surface area contributed by atoms with Crippen LogP contribution in [0.3, 0.4) is 0 Å². The van der Waals surface area contributed by atoms with Crippen LogP contribution in [0.25, 0.3) is 0 Å². The first-order valence-corrected chi connectivity index (χ1v) is 5.50. The van der Waals surface area contributed by atoms with E-state index < -0.39 is 11.8 Å². The molecule has 1 aromatic carbocycles. The van der Waals surface area contributed by atoms with Gasteiger partial charge in [-0.15, -0.1) is 0 Å². The van der Waals surface area contributed by atoms with Gasteiger partial charge in [0.05, 0.1) is 11.4 Å². The summed E-state index contributed by atoms with van der Waals surface area (Å²) < 4.78 is 0. The number of aryl methyl sites for hydroxylation is 1. The van der Waals surface area contributed by atoms with Crippen molar-refractivity contribution in [2.24, 2.45) is 0 Å². The van der Waals surface area contributed by atoms with Gasteiger partial charge in [-0.2, -0.15) is 0 Å². The number of nitrogens with two attached hydrogens (primary N) is 1. The number of hydrogen-bond acceptors (Lipinski definition) is 3. The summed E-state index contributed by atoms with van der Waals surface area (Å²) in [5, 5.41) is 4.98. The Bertz CT molecular complexity index is 430. The zero-order chi connectivity index (χ0) is 12.8. The van der Waals surface area contributed by atoms with Crippen LogP contribution in [0.1, 0.15) is 18.9 Å². The first kappa shape index (κ1) is 13.0. The van der Waals surface area contributed by atoms with Crippen LogP contribution in [0.5, 0.6) is 0 Å². The Morgan fingerprint density at radius 2 is 2.00 bits per heavy atom.